The van der Waals surface area contributed by atoms with Gasteiger partial charge in [0, 0.05) is 0 Å². The van der Waals surface area contributed by atoms with Gasteiger partial charge < -0.3 is 24.4 Å². The maximum Gasteiger partial charge on any atom is 0.338 e. The van der Waals surface area contributed by atoms with Crippen molar-refractivity contribution in [3.05, 3.63) is 130 Å². The number of nitrogens with one attached hydrogen (secondary N) is 2. The summed E-state index contributed by atoms with van der Waals surface area (Å²) >= 11 is 0. The number of hydrogen-bond donors (Lipinski definition) is 2. The smallest absolute Gasteiger partial charge is 0.338 e. The van der Waals surface area contributed by atoms with Gasteiger partial charge in [0.1, 0.15) is 12.7 Å². The summed E-state index contributed by atoms with van der Waals surface area (Å²) in [7, 11) is 0. The number of rotatable bonds is 8. The van der Waals surface area contributed by atoms with Gasteiger partial charge in [0.15, 0.2) is 18.4 Å². The molecule has 10 heteroatoms. The summed E-state index contributed by atoms with van der Waals surface area (Å²) < 4.78 is 24.2. The van der Waals surface area contributed by atoms with E-state index in [4.69, 9.17) is 18.9 Å². The molecule has 0 bridgehead atoms. The molecule has 2 aliphatic rings. The van der Waals surface area contributed by atoms with Crippen LogP contribution in [0.2, 0.25) is 0 Å². The number of carbonyl (C=O) groups excluding carboxylic acids is 3. The minimum Gasteiger partial charge on any atom is -0.459 e. The van der Waals surface area contributed by atoms with E-state index in [0.717, 1.165) is 28.1 Å². The molecule has 6 rings (SSSR count). The molecule has 2 aliphatic heterocycles. The Morgan fingerprint density at radius 3 is 1.71 bits per heavy atom. The highest BCUT2D eigenvalue weighted by atomic mass is 16.7. The third kappa shape index (κ3) is 6.52. The van der Waals surface area contributed by atoms with Gasteiger partial charge in [-0.2, -0.15) is 0 Å². The van der Waals surface area contributed by atoms with Gasteiger partial charge >= 0.3 is 17.9 Å². The molecule has 0 saturated carbocycles. The molecule has 0 aliphatic carbocycles. The van der Waals surface area contributed by atoms with E-state index < -0.39 is 42.4 Å². The van der Waals surface area contributed by atoms with Crippen LogP contribution in [-0.2, 0) is 18.9 Å². The second-order valence-corrected chi connectivity index (χ2v) is 11.1. The van der Waals surface area contributed by atoms with Crippen LogP contribution in [0.25, 0.3) is 0 Å². The first-order valence-electron chi connectivity index (χ1n) is 14.6. The number of ether oxygens (including phenoxy) is 4. The number of hydrogen-bond acceptors (Lipinski definition) is 10. The first-order valence-corrected chi connectivity index (χ1v) is 14.6. The molecular weight excluding hydrogens is 574 g/mol. The summed E-state index contributed by atoms with van der Waals surface area (Å²) in [6, 6.07) is 28.3. The van der Waals surface area contributed by atoms with Crippen LogP contribution in [0.5, 0.6) is 0 Å². The van der Waals surface area contributed by atoms with Crippen molar-refractivity contribution in [3.63, 3.8) is 0 Å². The average Bonchev–Trinajstić information content (AvgIpc) is 3.62. The number of anilines is 2. The predicted molar refractivity (Wildman–Crippen MR) is 167 cm³/mol. The lowest BCUT2D eigenvalue weighted by atomic mass is 10.1. The first kappa shape index (κ1) is 29.9. The van der Waals surface area contributed by atoms with E-state index in [1.54, 1.807) is 53.5 Å². The maximum atomic E-state index is 13.5. The highest BCUT2D eigenvalue weighted by molar-refractivity contribution is 5.91. The number of nitrogens with zero attached hydrogens (tertiary/aromatic N) is 1. The lowest BCUT2D eigenvalue weighted by Gasteiger charge is -2.30. The summed E-state index contributed by atoms with van der Waals surface area (Å²) in [5, 5.41) is 1.66. The van der Waals surface area contributed by atoms with Crippen LogP contribution >= 0.6 is 0 Å². The molecule has 0 spiro atoms. The zero-order valence-corrected chi connectivity index (χ0v) is 25.1. The Balaban J connectivity index is 1.33. The van der Waals surface area contributed by atoms with Gasteiger partial charge in [-0.05, 0) is 69.3 Å². The number of hydrazine groups is 2. The molecule has 2 heterocycles. The molecule has 0 aromatic heterocycles. The fourth-order valence-corrected chi connectivity index (χ4v) is 5.18. The van der Waals surface area contributed by atoms with Gasteiger partial charge in [0.25, 0.3) is 0 Å². The Morgan fingerprint density at radius 2 is 1.16 bits per heavy atom. The lowest BCUT2D eigenvalue weighted by molar-refractivity contribution is -0.0452. The van der Waals surface area contributed by atoms with Crippen molar-refractivity contribution in [2.45, 2.75) is 45.3 Å². The maximum absolute atomic E-state index is 13.5. The van der Waals surface area contributed by atoms with E-state index in [1.165, 1.54) is 0 Å². The Bertz CT molecular complexity index is 1690. The van der Waals surface area contributed by atoms with E-state index in [-0.39, 0.29) is 6.61 Å². The van der Waals surface area contributed by atoms with Crippen LogP contribution in [-0.4, -0.2) is 49.1 Å². The van der Waals surface area contributed by atoms with Crippen molar-refractivity contribution in [1.29, 1.82) is 0 Å². The lowest BCUT2D eigenvalue weighted by Crippen LogP contribution is -2.52. The monoisotopic (exact) mass is 607 g/mol. The number of para-hydroxylation sites is 2. The SMILES string of the molecule is Cc1ccc(C(=O)OC[C@@H]2O[C@H](N3NNc4ccccc43)[C@@H](OC(=O)c3ccc(C)cc3)[C@H]2OC(=O)c2ccc(C)cc2)cc1. The quantitative estimate of drug-likeness (QED) is 0.202. The molecule has 10 nitrogen and oxygen atoms in total. The fraction of sp³-hybridized carbons (Fsp3) is 0.229. The standard InChI is InChI=1S/C35H33N3O7/c1-21-8-14-24(15-9-21)33(39)42-20-29-30(44-34(40)25-16-10-22(2)11-17-25)31(45-35(41)26-18-12-23(3)13-19-26)32(43-29)38-28-7-5-4-6-27(28)36-37-38/h4-19,29-32,36-37H,20H2,1-3H3/t29-,30-,31-,32-/m0/s1. The summed E-state index contributed by atoms with van der Waals surface area (Å²) in [5.74, 6) is -1.82. The van der Waals surface area contributed by atoms with Gasteiger partial charge in [-0.1, -0.05) is 65.2 Å². The fourth-order valence-electron chi connectivity index (χ4n) is 5.18. The van der Waals surface area contributed by atoms with Crippen molar-refractivity contribution >= 4 is 29.3 Å². The van der Waals surface area contributed by atoms with E-state index in [9.17, 15) is 14.4 Å². The third-order valence-electron chi connectivity index (χ3n) is 7.74. The van der Waals surface area contributed by atoms with Crippen molar-refractivity contribution in [2.75, 3.05) is 17.0 Å². The van der Waals surface area contributed by atoms with Crippen LogP contribution in [0, 0.1) is 20.8 Å². The normalized spacial score (nSPS) is 20.2. The number of carbonyl (C=O) groups is 3. The third-order valence-corrected chi connectivity index (χ3v) is 7.74. The average molecular weight is 608 g/mol. The topological polar surface area (TPSA) is 115 Å². The molecule has 4 aromatic carbocycles. The molecule has 2 N–H and O–H groups in total. The van der Waals surface area contributed by atoms with Crippen LogP contribution < -0.4 is 16.0 Å². The second-order valence-electron chi connectivity index (χ2n) is 11.1. The summed E-state index contributed by atoms with van der Waals surface area (Å²) in [4.78, 5) is 39.9. The Kier molecular flexibility index (Phi) is 8.50. The second kappa shape index (κ2) is 12.8. The van der Waals surface area contributed by atoms with Gasteiger partial charge in [0.2, 0.25) is 0 Å². The molecule has 4 atom stereocenters. The Hall–Kier alpha value is -5.19. The molecular formula is C35H33N3O7. The van der Waals surface area contributed by atoms with E-state index >= 15 is 0 Å². The van der Waals surface area contributed by atoms with Crippen molar-refractivity contribution < 1.29 is 33.3 Å². The van der Waals surface area contributed by atoms with Crippen molar-refractivity contribution in [2.24, 2.45) is 0 Å². The first-order chi connectivity index (χ1) is 21.8. The minimum atomic E-state index is -1.14. The number of fused-ring (bicyclic) bond motifs is 1. The molecule has 230 valence electrons. The molecule has 1 saturated heterocycles. The van der Waals surface area contributed by atoms with E-state index in [0.29, 0.717) is 16.7 Å². The molecule has 0 amide bonds. The number of aryl methyl sites for hydroxylation is 3. The van der Waals surface area contributed by atoms with Gasteiger partial charge in [-0.15, -0.1) is 5.53 Å². The van der Waals surface area contributed by atoms with Crippen LogP contribution in [0.4, 0.5) is 11.4 Å². The van der Waals surface area contributed by atoms with E-state index in [2.05, 4.69) is 11.0 Å². The summed E-state index contributed by atoms with van der Waals surface area (Å²) in [5.41, 5.74) is 11.6. The van der Waals surface area contributed by atoms with E-state index in [1.807, 2.05) is 69.3 Å². The largest absolute Gasteiger partial charge is 0.459 e. The molecule has 45 heavy (non-hydrogen) atoms. The number of esters is 3. The van der Waals surface area contributed by atoms with Crippen LogP contribution in [0.3, 0.4) is 0 Å². The van der Waals surface area contributed by atoms with Crippen molar-refractivity contribution in [3.8, 4) is 0 Å². The molecule has 0 unspecified atom stereocenters. The zero-order valence-electron chi connectivity index (χ0n) is 25.1. The summed E-state index contributed by atoms with van der Waals surface area (Å²) in [6.45, 7) is 5.49. The van der Waals surface area contributed by atoms with Crippen LogP contribution in [0.1, 0.15) is 47.8 Å². The molecule has 4 aromatic rings. The van der Waals surface area contributed by atoms with Gasteiger partial charge in [-0.25, -0.2) is 14.4 Å². The highest BCUT2D eigenvalue weighted by Crippen LogP contribution is 2.37. The molecule has 1 fully saturated rings. The summed E-state index contributed by atoms with van der Waals surface area (Å²) in [6.07, 6.45) is -4.23. The van der Waals surface area contributed by atoms with Gasteiger partial charge in [-0.3, -0.25) is 5.01 Å². The van der Waals surface area contributed by atoms with Gasteiger partial charge in [0.05, 0.1) is 28.1 Å². The van der Waals surface area contributed by atoms with Crippen LogP contribution in [0.15, 0.2) is 97.1 Å². The minimum absolute atomic E-state index is 0.267. The predicted octanol–water partition coefficient (Wildman–Crippen LogP) is 5.30. The zero-order chi connectivity index (χ0) is 31.5. The Morgan fingerprint density at radius 1 is 0.667 bits per heavy atom. The highest BCUT2D eigenvalue weighted by Gasteiger charge is 2.54. The van der Waals surface area contributed by atoms with Crippen molar-refractivity contribution in [1.82, 2.24) is 5.53 Å². The molecule has 0 radical (unpaired) electrons. The Labute approximate surface area is 260 Å². The number of benzene rings is 4.